The summed E-state index contributed by atoms with van der Waals surface area (Å²) >= 11 is 0. The molecule has 0 spiro atoms. The van der Waals surface area contributed by atoms with Crippen molar-refractivity contribution in [2.24, 2.45) is 0 Å². The van der Waals surface area contributed by atoms with Crippen molar-refractivity contribution in [1.82, 2.24) is 4.90 Å². The average Bonchev–Trinajstić information content (AvgIpc) is 2.16. The maximum atomic E-state index is 12.0. The molecule has 0 unspecified atom stereocenters. The fourth-order valence-corrected chi connectivity index (χ4v) is 1.25. The highest BCUT2D eigenvalue weighted by Gasteiger charge is 2.32. The van der Waals surface area contributed by atoms with E-state index in [4.69, 9.17) is 0 Å². The highest BCUT2D eigenvalue weighted by Crippen LogP contribution is 2.20. The minimum absolute atomic E-state index is 0.190. The lowest BCUT2D eigenvalue weighted by molar-refractivity contribution is -0.160. The van der Waals surface area contributed by atoms with Gasteiger partial charge in [-0.25, -0.2) is 0 Å². The summed E-state index contributed by atoms with van der Waals surface area (Å²) in [5.74, 6) is -0.920. The van der Waals surface area contributed by atoms with Crippen molar-refractivity contribution in [3.05, 3.63) is 35.9 Å². The van der Waals surface area contributed by atoms with Gasteiger partial charge in [0.15, 0.2) is 0 Å². The summed E-state index contributed by atoms with van der Waals surface area (Å²) in [6.45, 7) is 0.190. The van der Waals surface area contributed by atoms with Crippen LogP contribution in [0.3, 0.4) is 0 Å². The highest BCUT2D eigenvalue weighted by molar-refractivity contribution is 5.76. The van der Waals surface area contributed by atoms with E-state index >= 15 is 0 Å². The van der Waals surface area contributed by atoms with Gasteiger partial charge >= 0.3 is 6.18 Å². The van der Waals surface area contributed by atoms with Crippen LogP contribution in [0.4, 0.5) is 13.2 Å². The molecule has 1 aromatic carbocycles. The second-order valence-corrected chi connectivity index (χ2v) is 3.53. The minimum Gasteiger partial charge on any atom is -0.341 e. The van der Waals surface area contributed by atoms with E-state index in [2.05, 4.69) is 0 Å². The Morgan fingerprint density at radius 3 is 2.31 bits per heavy atom. The van der Waals surface area contributed by atoms with E-state index in [0.29, 0.717) is 0 Å². The molecular weight excluding hydrogens is 219 g/mol. The molecule has 0 fully saturated rings. The number of halogens is 3. The smallest absolute Gasteiger partial charge is 0.341 e. The first-order valence-corrected chi connectivity index (χ1v) is 4.73. The van der Waals surface area contributed by atoms with Crippen LogP contribution < -0.4 is 0 Å². The Hall–Kier alpha value is -1.52. The number of nitrogens with zero attached hydrogens (tertiary/aromatic N) is 1. The summed E-state index contributed by atoms with van der Waals surface area (Å²) in [4.78, 5) is 12.2. The molecule has 0 aliphatic heterocycles. The van der Waals surface area contributed by atoms with Crippen molar-refractivity contribution in [3.8, 4) is 0 Å². The SMILES string of the molecule is CN(Cc1ccccc1)C(=O)CC(F)(F)F. The van der Waals surface area contributed by atoms with Crippen LogP contribution in [-0.4, -0.2) is 24.0 Å². The van der Waals surface area contributed by atoms with Crippen LogP contribution in [0.25, 0.3) is 0 Å². The Morgan fingerprint density at radius 1 is 1.25 bits per heavy atom. The predicted octanol–water partition coefficient (Wildman–Crippen LogP) is 2.60. The van der Waals surface area contributed by atoms with Crippen molar-refractivity contribution in [1.29, 1.82) is 0 Å². The molecule has 88 valence electrons. The Kier molecular flexibility index (Phi) is 3.93. The molecule has 5 heteroatoms. The van der Waals surface area contributed by atoms with Crippen LogP contribution in [0, 0.1) is 0 Å². The molecule has 0 radical (unpaired) electrons. The van der Waals surface area contributed by atoms with Crippen molar-refractivity contribution >= 4 is 5.91 Å². The van der Waals surface area contributed by atoms with Crippen molar-refractivity contribution in [2.75, 3.05) is 7.05 Å². The van der Waals surface area contributed by atoms with Crippen molar-refractivity contribution in [3.63, 3.8) is 0 Å². The van der Waals surface area contributed by atoms with Crippen LogP contribution in [0.15, 0.2) is 30.3 Å². The van der Waals surface area contributed by atoms with Gasteiger partial charge in [-0.1, -0.05) is 30.3 Å². The van der Waals surface area contributed by atoms with Crippen LogP contribution >= 0.6 is 0 Å². The minimum atomic E-state index is -4.44. The van der Waals surface area contributed by atoms with Gasteiger partial charge in [0.25, 0.3) is 0 Å². The number of carbonyl (C=O) groups excluding carboxylic acids is 1. The first-order chi connectivity index (χ1) is 7.38. The van der Waals surface area contributed by atoms with Gasteiger partial charge in [-0.2, -0.15) is 13.2 Å². The molecule has 1 rings (SSSR count). The quantitative estimate of drug-likeness (QED) is 0.783. The Bertz CT molecular complexity index is 348. The van der Waals surface area contributed by atoms with E-state index in [-0.39, 0.29) is 6.54 Å². The molecule has 0 saturated heterocycles. The van der Waals surface area contributed by atoms with Gasteiger partial charge in [0, 0.05) is 13.6 Å². The van der Waals surface area contributed by atoms with Gasteiger partial charge in [0.2, 0.25) is 5.91 Å². The molecule has 0 aromatic heterocycles. The molecule has 0 bridgehead atoms. The number of carbonyl (C=O) groups is 1. The topological polar surface area (TPSA) is 20.3 Å². The van der Waals surface area contributed by atoms with Gasteiger partial charge in [-0.3, -0.25) is 4.79 Å². The van der Waals surface area contributed by atoms with Gasteiger partial charge in [-0.05, 0) is 5.56 Å². The predicted molar refractivity (Wildman–Crippen MR) is 53.6 cm³/mol. The monoisotopic (exact) mass is 231 g/mol. The molecule has 2 nitrogen and oxygen atoms in total. The van der Waals surface area contributed by atoms with Gasteiger partial charge in [0.1, 0.15) is 6.42 Å². The first kappa shape index (κ1) is 12.5. The maximum Gasteiger partial charge on any atom is 0.397 e. The normalized spacial score (nSPS) is 11.2. The molecule has 0 aliphatic rings. The second-order valence-electron chi connectivity index (χ2n) is 3.53. The molecule has 16 heavy (non-hydrogen) atoms. The third-order valence-corrected chi connectivity index (χ3v) is 2.04. The molecule has 0 saturated carbocycles. The van der Waals surface area contributed by atoms with Crippen LogP contribution in [0.2, 0.25) is 0 Å². The fraction of sp³-hybridized carbons (Fsp3) is 0.364. The Labute approximate surface area is 91.7 Å². The molecule has 0 heterocycles. The maximum absolute atomic E-state index is 12.0. The third-order valence-electron chi connectivity index (χ3n) is 2.04. The molecule has 1 amide bonds. The number of rotatable bonds is 3. The standard InChI is InChI=1S/C11H12F3NO/c1-15(10(16)7-11(12,13)14)8-9-5-3-2-4-6-9/h2-6H,7-8H2,1H3. The summed E-state index contributed by atoms with van der Waals surface area (Å²) < 4.78 is 35.9. The average molecular weight is 231 g/mol. The van der Waals surface area contributed by atoms with Crippen LogP contribution in [-0.2, 0) is 11.3 Å². The lowest BCUT2D eigenvalue weighted by Gasteiger charge is -2.18. The van der Waals surface area contributed by atoms with Gasteiger partial charge < -0.3 is 4.90 Å². The van der Waals surface area contributed by atoms with E-state index in [9.17, 15) is 18.0 Å². The largest absolute Gasteiger partial charge is 0.397 e. The number of amides is 1. The Balaban J connectivity index is 2.53. The first-order valence-electron chi connectivity index (χ1n) is 4.73. The summed E-state index contributed by atoms with van der Waals surface area (Å²) in [5, 5.41) is 0. The second kappa shape index (κ2) is 5.01. The summed E-state index contributed by atoms with van der Waals surface area (Å²) in [6, 6.07) is 8.88. The zero-order valence-corrected chi connectivity index (χ0v) is 8.79. The summed E-state index contributed by atoms with van der Waals surface area (Å²) in [5.41, 5.74) is 0.806. The Morgan fingerprint density at radius 2 is 1.81 bits per heavy atom. The molecular formula is C11H12F3NO. The molecule has 0 aliphatic carbocycles. The van der Waals surface area contributed by atoms with Crippen LogP contribution in [0.5, 0.6) is 0 Å². The number of benzene rings is 1. The zero-order valence-electron chi connectivity index (χ0n) is 8.79. The highest BCUT2D eigenvalue weighted by atomic mass is 19.4. The lowest BCUT2D eigenvalue weighted by atomic mass is 10.2. The number of hydrogen-bond donors (Lipinski definition) is 0. The van der Waals surface area contributed by atoms with E-state index in [1.807, 2.05) is 0 Å². The van der Waals surface area contributed by atoms with Crippen molar-refractivity contribution in [2.45, 2.75) is 19.1 Å². The van der Waals surface area contributed by atoms with Crippen LogP contribution in [0.1, 0.15) is 12.0 Å². The molecule has 0 N–H and O–H groups in total. The fourth-order valence-electron chi connectivity index (χ4n) is 1.25. The molecule has 0 atom stereocenters. The van der Waals surface area contributed by atoms with E-state index in [1.165, 1.54) is 7.05 Å². The molecule has 1 aromatic rings. The summed E-state index contributed by atoms with van der Waals surface area (Å²) in [6.07, 6.45) is -5.85. The number of alkyl halides is 3. The lowest BCUT2D eigenvalue weighted by Crippen LogP contribution is -2.30. The van der Waals surface area contributed by atoms with Gasteiger partial charge in [0.05, 0.1) is 0 Å². The van der Waals surface area contributed by atoms with E-state index < -0.39 is 18.5 Å². The van der Waals surface area contributed by atoms with Crippen molar-refractivity contribution < 1.29 is 18.0 Å². The van der Waals surface area contributed by atoms with E-state index in [1.54, 1.807) is 30.3 Å². The number of hydrogen-bond acceptors (Lipinski definition) is 1. The third kappa shape index (κ3) is 4.33. The van der Waals surface area contributed by atoms with Gasteiger partial charge in [-0.15, -0.1) is 0 Å². The summed E-state index contributed by atoms with van der Waals surface area (Å²) in [7, 11) is 1.36. The zero-order chi connectivity index (χ0) is 12.2. The van der Waals surface area contributed by atoms with E-state index in [0.717, 1.165) is 10.5 Å².